The van der Waals surface area contributed by atoms with Crippen LogP contribution in [0.1, 0.15) is 10.4 Å². The summed E-state index contributed by atoms with van der Waals surface area (Å²) < 4.78 is 102. The van der Waals surface area contributed by atoms with Gasteiger partial charge in [0, 0.05) is 63.5 Å². The van der Waals surface area contributed by atoms with Crippen LogP contribution in [0.2, 0.25) is 0 Å². The molecule has 0 saturated carbocycles. The second-order valence-electron chi connectivity index (χ2n) is 3.64. The van der Waals surface area contributed by atoms with Crippen molar-refractivity contribution in [2.75, 3.05) is 0 Å². The van der Waals surface area contributed by atoms with E-state index < -0.39 is 60.0 Å². The summed E-state index contributed by atoms with van der Waals surface area (Å²) in [6.07, 6.45) is 0. The maximum Gasteiger partial charge on any atom is 0.446 e. The SMILES string of the molecule is O=C(O)c1cc(OS(=O)(=O)O)c(OS(=O)(=O)O)c(OS(=O)(=O)O)c1.[K]. The van der Waals surface area contributed by atoms with Crippen molar-refractivity contribution in [1.29, 1.82) is 0 Å². The minimum atomic E-state index is -5.43. The van der Waals surface area contributed by atoms with E-state index in [1.54, 1.807) is 0 Å². The van der Waals surface area contributed by atoms with E-state index >= 15 is 0 Å². The number of rotatable bonds is 7. The minimum absolute atomic E-state index is 0. The first-order chi connectivity index (χ1) is 10.6. The summed E-state index contributed by atoms with van der Waals surface area (Å²) in [6, 6.07) is 0.570. The molecule has 0 bridgehead atoms. The molecule has 1 rings (SSSR count). The van der Waals surface area contributed by atoms with Crippen molar-refractivity contribution in [1.82, 2.24) is 0 Å². The number of hydrogen-bond donors (Lipinski definition) is 4. The molecule has 0 aliphatic carbocycles. The molecule has 0 atom stereocenters. The van der Waals surface area contributed by atoms with Crippen LogP contribution in [0.15, 0.2) is 12.1 Å². The van der Waals surface area contributed by atoms with E-state index in [-0.39, 0.29) is 63.5 Å². The Morgan fingerprint density at radius 2 is 1.08 bits per heavy atom. The summed E-state index contributed by atoms with van der Waals surface area (Å²) in [5.41, 5.74) is -0.935. The predicted octanol–water partition coefficient (Wildman–Crippen LogP) is -1.45. The molecule has 4 N–H and O–H groups in total. The first kappa shape index (κ1) is 24.5. The second-order valence-corrected chi connectivity index (χ2v) is 6.71. The molecular formula is C7H6KO14S3. The van der Waals surface area contributed by atoms with Crippen LogP contribution in [0.25, 0.3) is 0 Å². The molecule has 0 unspecified atom stereocenters. The zero-order valence-electron chi connectivity index (χ0n) is 11.8. The largest absolute Gasteiger partial charge is 0.478 e. The summed E-state index contributed by atoms with van der Waals surface area (Å²) in [5.74, 6) is -6.10. The van der Waals surface area contributed by atoms with Crippen LogP contribution in [0.4, 0.5) is 0 Å². The first-order valence-electron chi connectivity index (χ1n) is 4.99. The van der Waals surface area contributed by atoms with Gasteiger partial charge in [-0.1, -0.05) is 0 Å². The molecule has 0 aromatic heterocycles. The van der Waals surface area contributed by atoms with E-state index in [0.29, 0.717) is 0 Å². The summed E-state index contributed by atoms with van der Waals surface area (Å²) in [4.78, 5) is 10.9. The topological polar surface area (TPSA) is 228 Å². The average molecular weight is 449 g/mol. The van der Waals surface area contributed by atoms with E-state index in [1.165, 1.54) is 0 Å². The van der Waals surface area contributed by atoms with Gasteiger partial charge in [-0.25, -0.2) is 4.79 Å². The zero-order chi connectivity index (χ0) is 18.9. The van der Waals surface area contributed by atoms with Crippen LogP contribution in [-0.4, -0.2) is 101 Å². The molecule has 137 valence electrons. The van der Waals surface area contributed by atoms with Gasteiger partial charge >= 0.3 is 37.2 Å². The number of carbonyl (C=O) groups is 1. The van der Waals surface area contributed by atoms with E-state index in [9.17, 15) is 30.0 Å². The molecule has 25 heavy (non-hydrogen) atoms. The van der Waals surface area contributed by atoms with E-state index in [4.69, 9.17) is 18.8 Å². The van der Waals surface area contributed by atoms with Crippen LogP contribution in [-0.2, 0) is 31.2 Å². The van der Waals surface area contributed by atoms with Crippen molar-refractivity contribution in [3.63, 3.8) is 0 Å². The van der Waals surface area contributed by atoms with Crippen molar-refractivity contribution in [3.8, 4) is 17.2 Å². The van der Waals surface area contributed by atoms with Gasteiger partial charge in [0.05, 0.1) is 5.56 Å². The fourth-order valence-corrected chi connectivity index (χ4v) is 2.31. The normalized spacial score (nSPS) is 12.0. The van der Waals surface area contributed by atoms with Gasteiger partial charge in [0.15, 0.2) is 11.5 Å². The average Bonchev–Trinajstić information content (AvgIpc) is 2.27. The van der Waals surface area contributed by atoms with Gasteiger partial charge in [0.25, 0.3) is 0 Å². The maximum atomic E-state index is 10.9. The fourth-order valence-electron chi connectivity index (χ4n) is 1.24. The van der Waals surface area contributed by atoms with Crippen LogP contribution < -0.4 is 12.5 Å². The molecule has 0 aliphatic rings. The number of aromatic carboxylic acids is 1. The Kier molecular flexibility index (Phi) is 8.25. The Balaban J connectivity index is 0.00000576. The standard InChI is InChI=1S/C7H6O14S3.K/c8-7(9)3-1-4(19-22(10,11)12)6(21-24(16,17)18)5(2-3)20-23(13,14)15;/h1-2H,(H,8,9)(H,10,11,12)(H,13,14,15)(H,16,17,18);. The first-order valence-corrected chi connectivity index (χ1v) is 9.09. The second kappa shape index (κ2) is 8.43. The number of benzene rings is 1. The van der Waals surface area contributed by atoms with E-state index in [1.807, 2.05) is 0 Å². The Morgan fingerprint density at radius 3 is 1.32 bits per heavy atom. The van der Waals surface area contributed by atoms with Crippen LogP contribution in [0, 0.1) is 0 Å². The Labute approximate surface area is 183 Å². The molecule has 0 saturated heterocycles. The van der Waals surface area contributed by atoms with E-state index in [0.717, 1.165) is 0 Å². The van der Waals surface area contributed by atoms with Gasteiger partial charge < -0.3 is 17.7 Å². The zero-order valence-corrected chi connectivity index (χ0v) is 17.3. The van der Waals surface area contributed by atoms with Crippen molar-refractivity contribution < 1.29 is 61.4 Å². The van der Waals surface area contributed by atoms with Gasteiger partial charge in [-0.2, -0.15) is 25.3 Å². The smallest absolute Gasteiger partial charge is 0.446 e. The quantitative estimate of drug-likeness (QED) is 0.276. The van der Waals surface area contributed by atoms with Crippen molar-refractivity contribution in [2.24, 2.45) is 0 Å². The molecule has 1 aromatic rings. The third-order valence-corrected chi connectivity index (χ3v) is 3.00. The van der Waals surface area contributed by atoms with Gasteiger partial charge in [-0.05, 0) is 0 Å². The van der Waals surface area contributed by atoms with Crippen molar-refractivity contribution in [3.05, 3.63) is 17.7 Å². The monoisotopic (exact) mass is 449 g/mol. The Morgan fingerprint density at radius 1 is 0.760 bits per heavy atom. The summed E-state index contributed by atoms with van der Waals surface area (Å²) in [6.45, 7) is 0. The molecule has 1 radical (unpaired) electrons. The van der Waals surface area contributed by atoms with Gasteiger partial charge in [-0.3, -0.25) is 13.7 Å². The van der Waals surface area contributed by atoms with Crippen LogP contribution in [0.5, 0.6) is 17.2 Å². The number of carboxylic acid groups (broad SMARTS) is 1. The van der Waals surface area contributed by atoms with Crippen molar-refractivity contribution in [2.45, 2.75) is 0 Å². The molecule has 0 heterocycles. The van der Waals surface area contributed by atoms with Gasteiger partial charge in [0.2, 0.25) is 5.75 Å². The van der Waals surface area contributed by atoms with Gasteiger partial charge in [0.1, 0.15) is 0 Å². The Bertz CT molecular complexity index is 920. The molecule has 18 heteroatoms. The molecule has 1 aromatic carbocycles. The molecular weight excluding hydrogens is 443 g/mol. The molecule has 0 amide bonds. The molecule has 14 nitrogen and oxygen atoms in total. The van der Waals surface area contributed by atoms with E-state index in [2.05, 4.69) is 12.5 Å². The third-order valence-electron chi connectivity index (χ3n) is 1.85. The summed E-state index contributed by atoms with van der Waals surface area (Å²) in [7, 11) is -16.2. The summed E-state index contributed by atoms with van der Waals surface area (Å²) >= 11 is 0. The summed E-state index contributed by atoms with van der Waals surface area (Å²) in [5, 5.41) is 8.81. The number of hydrogen-bond acceptors (Lipinski definition) is 10. The Hall–Kier alpha value is -0.544. The fraction of sp³-hybridized carbons (Fsp3) is 0. The van der Waals surface area contributed by atoms with Crippen LogP contribution >= 0.6 is 0 Å². The predicted molar refractivity (Wildman–Crippen MR) is 75.7 cm³/mol. The molecule has 0 spiro atoms. The third kappa shape index (κ3) is 9.10. The number of carboxylic acids is 1. The minimum Gasteiger partial charge on any atom is -0.478 e. The van der Waals surface area contributed by atoms with Gasteiger partial charge in [-0.15, -0.1) is 0 Å². The molecule has 0 fully saturated rings. The molecule has 0 aliphatic heterocycles. The van der Waals surface area contributed by atoms with Crippen molar-refractivity contribution >= 4 is 88.6 Å². The maximum absolute atomic E-state index is 10.9. The van der Waals surface area contributed by atoms with Crippen LogP contribution in [0.3, 0.4) is 0 Å².